The van der Waals surface area contributed by atoms with Gasteiger partial charge in [-0.3, -0.25) is 0 Å². The normalized spacial score (nSPS) is 23.1. The third-order valence-electron chi connectivity index (χ3n) is 4.23. The zero-order chi connectivity index (χ0) is 13.2. The number of nitrogens with one attached hydrogen (secondary N) is 1. The van der Waals surface area contributed by atoms with Crippen molar-refractivity contribution in [2.45, 2.75) is 45.2 Å². The van der Waals surface area contributed by atoms with Crippen LogP contribution in [0, 0.1) is 5.92 Å². The number of anilines is 1. The van der Waals surface area contributed by atoms with Gasteiger partial charge in [-0.2, -0.15) is 0 Å². The molecule has 4 heteroatoms. The van der Waals surface area contributed by atoms with Gasteiger partial charge in [-0.1, -0.05) is 13.3 Å². The second-order valence-electron chi connectivity index (χ2n) is 5.80. The SMILES string of the molecule is CCC1CCN(c2ncc(Br)cc2CNC2CC2)C1. The molecular formula is C15H22BrN3. The van der Waals surface area contributed by atoms with Gasteiger partial charge in [-0.25, -0.2) is 4.98 Å². The molecule has 1 saturated heterocycles. The Morgan fingerprint density at radius 1 is 1.42 bits per heavy atom. The van der Waals surface area contributed by atoms with E-state index in [1.54, 1.807) is 0 Å². The van der Waals surface area contributed by atoms with Crippen molar-refractivity contribution in [3.05, 3.63) is 22.3 Å². The van der Waals surface area contributed by atoms with Gasteiger partial charge in [0.2, 0.25) is 0 Å². The van der Waals surface area contributed by atoms with E-state index in [2.05, 4.69) is 44.1 Å². The molecule has 2 aliphatic rings. The fraction of sp³-hybridized carbons (Fsp3) is 0.667. The van der Waals surface area contributed by atoms with Gasteiger partial charge < -0.3 is 10.2 Å². The first-order valence-corrected chi connectivity index (χ1v) is 8.18. The Morgan fingerprint density at radius 2 is 2.26 bits per heavy atom. The number of rotatable bonds is 5. The summed E-state index contributed by atoms with van der Waals surface area (Å²) in [5, 5.41) is 3.60. The zero-order valence-corrected chi connectivity index (χ0v) is 13.1. The van der Waals surface area contributed by atoms with E-state index in [0.29, 0.717) is 0 Å². The topological polar surface area (TPSA) is 28.2 Å². The number of hydrogen-bond acceptors (Lipinski definition) is 3. The molecule has 1 atom stereocenters. The summed E-state index contributed by atoms with van der Waals surface area (Å²) in [5.41, 5.74) is 1.33. The molecule has 0 bridgehead atoms. The first kappa shape index (κ1) is 13.4. The first-order chi connectivity index (χ1) is 9.26. The molecule has 1 aromatic rings. The van der Waals surface area contributed by atoms with Crippen molar-refractivity contribution in [3.63, 3.8) is 0 Å². The minimum absolute atomic E-state index is 0.744. The van der Waals surface area contributed by atoms with E-state index >= 15 is 0 Å². The summed E-state index contributed by atoms with van der Waals surface area (Å²) >= 11 is 3.54. The van der Waals surface area contributed by atoms with Crippen LogP contribution in [0.3, 0.4) is 0 Å². The maximum absolute atomic E-state index is 4.67. The van der Waals surface area contributed by atoms with Crippen molar-refractivity contribution in [1.29, 1.82) is 0 Å². The number of nitrogens with zero attached hydrogens (tertiary/aromatic N) is 2. The molecular weight excluding hydrogens is 302 g/mol. The zero-order valence-electron chi connectivity index (χ0n) is 11.5. The summed E-state index contributed by atoms with van der Waals surface area (Å²) < 4.78 is 1.08. The highest BCUT2D eigenvalue weighted by atomic mass is 79.9. The van der Waals surface area contributed by atoms with Crippen LogP contribution < -0.4 is 10.2 Å². The van der Waals surface area contributed by atoms with Gasteiger partial charge in [-0.05, 0) is 47.2 Å². The second kappa shape index (κ2) is 5.80. The van der Waals surface area contributed by atoms with E-state index < -0.39 is 0 Å². The second-order valence-corrected chi connectivity index (χ2v) is 6.72. The van der Waals surface area contributed by atoms with E-state index in [0.717, 1.165) is 29.5 Å². The molecule has 19 heavy (non-hydrogen) atoms. The molecule has 1 N–H and O–H groups in total. The highest BCUT2D eigenvalue weighted by Gasteiger charge is 2.25. The van der Waals surface area contributed by atoms with Crippen molar-refractivity contribution in [2.75, 3.05) is 18.0 Å². The van der Waals surface area contributed by atoms with Crippen molar-refractivity contribution < 1.29 is 0 Å². The Bertz CT molecular complexity index is 445. The van der Waals surface area contributed by atoms with Crippen LogP contribution in [0.25, 0.3) is 0 Å². The summed E-state index contributed by atoms with van der Waals surface area (Å²) in [6, 6.07) is 2.96. The van der Waals surface area contributed by atoms with E-state index in [9.17, 15) is 0 Å². The molecule has 2 fully saturated rings. The van der Waals surface area contributed by atoms with Crippen LogP contribution in [0.4, 0.5) is 5.82 Å². The van der Waals surface area contributed by atoms with Gasteiger partial charge in [0, 0.05) is 41.9 Å². The van der Waals surface area contributed by atoms with Gasteiger partial charge in [0.05, 0.1) is 0 Å². The van der Waals surface area contributed by atoms with Gasteiger partial charge >= 0.3 is 0 Å². The molecule has 1 saturated carbocycles. The third-order valence-corrected chi connectivity index (χ3v) is 4.66. The van der Waals surface area contributed by atoms with Crippen molar-refractivity contribution in [2.24, 2.45) is 5.92 Å². The number of pyridine rings is 1. The maximum atomic E-state index is 4.67. The summed E-state index contributed by atoms with van der Waals surface area (Å²) in [7, 11) is 0. The molecule has 1 unspecified atom stereocenters. The minimum Gasteiger partial charge on any atom is -0.356 e. The molecule has 3 nitrogen and oxygen atoms in total. The molecule has 104 valence electrons. The molecule has 3 rings (SSSR count). The predicted octanol–water partition coefficient (Wildman–Crippen LogP) is 3.33. The van der Waals surface area contributed by atoms with Crippen molar-refractivity contribution >= 4 is 21.7 Å². The Hall–Kier alpha value is -0.610. The third kappa shape index (κ3) is 3.29. The van der Waals surface area contributed by atoms with E-state index in [1.165, 1.54) is 43.6 Å². The van der Waals surface area contributed by atoms with Crippen LogP contribution >= 0.6 is 15.9 Å². The lowest BCUT2D eigenvalue weighted by molar-refractivity contribution is 0.568. The Labute approximate surface area is 123 Å². The Kier molecular flexibility index (Phi) is 4.08. The summed E-state index contributed by atoms with van der Waals surface area (Å²) in [4.78, 5) is 7.13. The summed E-state index contributed by atoms with van der Waals surface area (Å²) in [5.74, 6) is 2.03. The van der Waals surface area contributed by atoms with Crippen molar-refractivity contribution in [3.8, 4) is 0 Å². The molecule has 0 amide bonds. The first-order valence-electron chi connectivity index (χ1n) is 7.39. The highest BCUT2D eigenvalue weighted by molar-refractivity contribution is 9.10. The lowest BCUT2D eigenvalue weighted by Gasteiger charge is -2.21. The molecule has 0 aromatic carbocycles. The molecule has 1 aliphatic heterocycles. The van der Waals surface area contributed by atoms with Gasteiger partial charge in [0.25, 0.3) is 0 Å². The minimum atomic E-state index is 0.744. The summed E-state index contributed by atoms with van der Waals surface area (Å²) in [6.07, 6.45) is 7.18. The van der Waals surface area contributed by atoms with E-state index in [-0.39, 0.29) is 0 Å². The maximum Gasteiger partial charge on any atom is 0.133 e. The van der Waals surface area contributed by atoms with Crippen LogP contribution in [0.15, 0.2) is 16.7 Å². The molecule has 0 spiro atoms. The van der Waals surface area contributed by atoms with Crippen molar-refractivity contribution in [1.82, 2.24) is 10.3 Å². The Balaban J connectivity index is 1.74. The van der Waals surface area contributed by atoms with E-state index in [4.69, 9.17) is 0 Å². The number of aromatic nitrogens is 1. The monoisotopic (exact) mass is 323 g/mol. The van der Waals surface area contributed by atoms with Crippen LogP contribution in [-0.4, -0.2) is 24.1 Å². The summed E-state index contributed by atoms with van der Waals surface area (Å²) in [6.45, 7) is 5.56. The lowest BCUT2D eigenvalue weighted by Crippen LogP contribution is -2.24. The van der Waals surface area contributed by atoms with Crippen LogP contribution in [-0.2, 0) is 6.54 Å². The largest absolute Gasteiger partial charge is 0.356 e. The Morgan fingerprint density at radius 3 is 2.95 bits per heavy atom. The molecule has 1 aromatic heterocycles. The number of hydrogen-bond donors (Lipinski definition) is 1. The van der Waals surface area contributed by atoms with Gasteiger partial charge in [0.15, 0.2) is 0 Å². The fourth-order valence-corrected chi connectivity index (χ4v) is 3.17. The molecule has 2 heterocycles. The predicted molar refractivity (Wildman–Crippen MR) is 82.4 cm³/mol. The van der Waals surface area contributed by atoms with Crippen LogP contribution in [0.2, 0.25) is 0 Å². The van der Waals surface area contributed by atoms with Gasteiger partial charge in [0.1, 0.15) is 5.82 Å². The molecule has 0 radical (unpaired) electrons. The quantitative estimate of drug-likeness (QED) is 0.900. The van der Waals surface area contributed by atoms with Crippen LogP contribution in [0.5, 0.6) is 0 Å². The van der Waals surface area contributed by atoms with Crippen LogP contribution in [0.1, 0.15) is 38.2 Å². The lowest BCUT2D eigenvalue weighted by atomic mass is 10.1. The molecule has 1 aliphatic carbocycles. The smallest absolute Gasteiger partial charge is 0.133 e. The standard InChI is InChI=1S/C15H22BrN3/c1-2-11-5-6-19(10-11)15-12(7-13(16)9-18-15)8-17-14-3-4-14/h7,9,11,14,17H,2-6,8,10H2,1H3. The van der Waals surface area contributed by atoms with Gasteiger partial charge in [-0.15, -0.1) is 0 Å². The average molecular weight is 324 g/mol. The average Bonchev–Trinajstić information content (AvgIpc) is 3.13. The highest BCUT2D eigenvalue weighted by Crippen LogP contribution is 2.29. The number of halogens is 1. The van der Waals surface area contributed by atoms with E-state index in [1.807, 2.05) is 6.20 Å². The fourth-order valence-electron chi connectivity index (χ4n) is 2.79.